The number of carbonyl (C=O) groups is 2. The first kappa shape index (κ1) is 26.1. The molecule has 1 unspecified atom stereocenters. The van der Waals surface area contributed by atoms with E-state index in [2.05, 4.69) is 10.6 Å². The molecule has 2 N–H and O–H groups in total. The number of amides is 2. The highest BCUT2D eigenvalue weighted by atomic mass is 35.5. The van der Waals surface area contributed by atoms with Crippen LogP contribution in [0.1, 0.15) is 40.1 Å². The van der Waals surface area contributed by atoms with E-state index in [1.54, 1.807) is 36.3 Å². The maximum absolute atomic E-state index is 13.7. The van der Waals surface area contributed by atoms with Gasteiger partial charge in [-0.15, -0.1) is 0 Å². The molecule has 0 aromatic heterocycles. The molecular formula is C31H28ClN3O4. The van der Waals surface area contributed by atoms with Gasteiger partial charge in [0, 0.05) is 35.4 Å². The Morgan fingerprint density at radius 3 is 2.54 bits per heavy atom. The summed E-state index contributed by atoms with van der Waals surface area (Å²) in [6, 6.07) is 28.0. The number of nitrogens with zero attached hydrogens (tertiary/aromatic N) is 1. The molecule has 0 aliphatic carbocycles. The van der Waals surface area contributed by atoms with E-state index in [9.17, 15) is 9.59 Å². The van der Waals surface area contributed by atoms with Gasteiger partial charge in [0.15, 0.2) is 0 Å². The molecule has 1 heterocycles. The summed E-state index contributed by atoms with van der Waals surface area (Å²) in [5, 5.41) is 6.91. The van der Waals surface area contributed by atoms with Crippen molar-refractivity contribution in [3.63, 3.8) is 0 Å². The first-order valence-electron chi connectivity index (χ1n) is 12.5. The van der Waals surface area contributed by atoms with E-state index >= 15 is 0 Å². The second-order valence-corrected chi connectivity index (χ2v) is 9.66. The predicted octanol–water partition coefficient (Wildman–Crippen LogP) is 6.65. The fourth-order valence-corrected chi connectivity index (χ4v) is 4.84. The minimum absolute atomic E-state index is 0.0674. The zero-order valence-electron chi connectivity index (χ0n) is 21.6. The van der Waals surface area contributed by atoms with Crippen LogP contribution in [0.5, 0.6) is 11.5 Å². The number of rotatable bonds is 8. The number of hydrogen-bond donors (Lipinski definition) is 2. The van der Waals surface area contributed by atoms with Crippen LogP contribution in [0.3, 0.4) is 0 Å². The number of para-hydroxylation sites is 1. The molecule has 0 saturated carbocycles. The summed E-state index contributed by atoms with van der Waals surface area (Å²) >= 11 is 6.24. The van der Waals surface area contributed by atoms with Gasteiger partial charge in [-0.1, -0.05) is 41.9 Å². The average Bonchev–Trinajstić information content (AvgIpc) is 2.94. The van der Waals surface area contributed by atoms with Gasteiger partial charge >= 0.3 is 0 Å². The Bertz CT molecular complexity index is 1510. The lowest BCUT2D eigenvalue weighted by Gasteiger charge is -2.38. The van der Waals surface area contributed by atoms with E-state index in [0.29, 0.717) is 34.3 Å². The Morgan fingerprint density at radius 1 is 1.00 bits per heavy atom. The lowest BCUT2D eigenvalue weighted by molar-refractivity contribution is -0.114. The van der Waals surface area contributed by atoms with Crippen LogP contribution in [0.4, 0.5) is 11.4 Å². The van der Waals surface area contributed by atoms with E-state index in [0.717, 1.165) is 22.4 Å². The molecule has 2 amide bonds. The number of fused-ring (bicyclic) bond motifs is 1. The van der Waals surface area contributed by atoms with E-state index in [4.69, 9.17) is 21.1 Å². The number of nitrogens with one attached hydrogen (secondary N) is 2. The molecule has 0 bridgehead atoms. The summed E-state index contributed by atoms with van der Waals surface area (Å²) < 4.78 is 11.7. The Morgan fingerprint density at radius 2 is 1.79 bits per heavy atom. The van der Waals surface area contributed by atoms with Crippen molar-refractivity contribution in [3.05, 3.63) is 118 Å². The number of halogens is 1. The zero-order valence-corrected chi connectivity index (χ0v) is 22.4. The Balaban J connectivity index is 1.43. The number of benzene rings is 4. The first-order valence-corrected chi connectivity index (χ1v) is 12.9. The smallest absolute Gasteiger partial charge is 0.258 e. The predicted molar refractivity (Wildman–Crippen MR) is 152 cm³/mol. The molecule has 0 spiro atoms. The minimum Gasteiger partial charge on any atom is -0.496 e. The third-order valence-electron chi connectivity index (χ3n) is 6.45. The summed E-state index contributed by atoms with van der Waals surface area (Å²) in [5.74, 6) is 1.13. The standard InChI is InChI=1S/C31H28ClN3O4/c1-20(36)33-25-11-13-26(14-12-25)39-19-23-17-22(10-15-29(23)38-2)30-34-28-9-4-3-8-27(28)31(37)35(30)18-21-6-5-7-24(32)16-21/h3-17,30,34H,18-19H2,1-2H3,(H,33,36). The van der Waals surface area contributed by atoms with Gasteiger partial charge in [-0.3, -0.25) is 9.59 Å². The Labute approximate surface area is 232 Å². The van der Waals surface area contributed by atoms with Crippen molar-refractivity contribution in [3.8, 4) is 11.5 Å². The van der Waals surface area contributed by atoms with Crippen LogP contribution in [0.2, 0.25) is 5.02 Å². The molecule has 0 radical (unpaired) electrons. The van der Waals surface area contributed by atoms with Crippen LogP contribution in [0.15, 0.2) is 91.0 Å². The van der Waals surface area contributed by atoms with Crippen molar-refractivity contribution < 1.29 is 19.1 Å². The van der Waals surface area contributed by atoms with Crippen molar-refractivity contribution in [1.29, 1.82) is 0 Å². The van der Waals surface area contributed by atoms with Gasteiger partial charge in [0.1, 0.15) is 24.3 Å². The topological polar surface area (TPSA) is 79.9 Å². The fourth-order valence-electron chi connectivity index (χ4n) is 4.63. The van der Waals surface area contributed by atoms with Crippen LogP contribution in [0.25, 0.3) is 0 Å². The molecule has 5 rings (SSSR count). The lowest BCUT2D eigenvalue weighted by atomic mass is 10.0. The van der Waals surface area contributed by atoms with Crippen molar-refractivity contribution in [2.45, 2.75) is 26.2 Å². The Hall–Kier alpha value is -4.49. The number of hydrogen-bond acceptors (Lipinski definition) is 5. The second kappa shape index (κ2) is 11.5. The van der Waals surface area contributed by atoms with Gasteiger partial charge in [0.05, 0.1) is 12.7 Å². The van der Waals surface area contributed by atoms with Crippen molar-refractivity contribution in [2.24, 2.45) is 0 Å². The summed E-state index contributed by atoms with van der Waals surface area (Å²) in [4.78, 5) is 26.8. The highest BCUT2D eigenvalue weighted by Crippen LogP contribution is 2.36. The van der Waals surface area contributed by atoms with E-state index in [1.807, 2.05) is 66.7 Å². The van der Waals surface area contributed by atoms with Gasteiger partial charge in [-0.25, -0.2) is 0 Å². The Kier molecular flexibility index (Phi) is 7.70. The number of methoxy groups -OCH3 is 1. The van der Waals surface area contributed by atoms with Crippen LogP contribution in [-0.2, 0) is 17.9 Å². The molecule has 1 atom stereocenters. The van der Waals surface area contributed by atoms with Gasteiger partial charge < -0.3 is 25.0 Å². The maximum Gasteiger partial charge on any atom is 0.258 e. The first-order chi connectivity index (χ1) is 18.9. The minimum atomic E-state index is -0.423. The summed E-state index contributed by atoms with van der Waals surface area (Å²) in [7, 11) is 1.62. The van der Waals surface area contributed by atoms with Crippen LogP contribution >= 0.6 is 11.6 Å². The highest BCUT2D eigenvalue weighted by Gasteiger charge is 2.33. The average molecular weight is 542 g/mol. The zero-order chi connectivity index (χ0) is 27.4. The van der Waals surface area contributed by atoms with Crippen molar-refractivity contribution in [2.75, 3.05) is 17.7 Å². The van der Waals surface area contributed by atoms with E-state index < -0.39 is 6.17 Å². The van der Waals surface area contributed by atoms with Crippen LogP contribution in [-0.4, -0.2) is 23.8 Å². The van der Waals surface area contributed by atoms with Gasteiger partial charge in [0.2, 0.25) is 5.91 Å². The van der Waals surface area contributed by atoms with E-state index in [1.165, 1.54) is 6.92 Å². The molecule has 8 heteroatoms. The molecule has 0 saturated heterocycles. The molecule has 4 aromatic carbocycles. The largest absolute Gasteiger partial charge is 0.496 e. The third kappa shape index (κ3) is 5.99. The summed E-state index contributed by atoms with van der Waals surface area (Å²) in [6.45, 7) is 2.10. The molecule has 1 aliphatic rings. The molecule has 198 valence electrons. The normalized spacial score (nSPS) is 14.3. The van der Waals surface area contributed by atoms with Crippen LogP contribution in [0, 0.1) is 0 Å². The number of anilines is 2. The molecule has 1 aliphatic heterocycles. The number of ether oxygens (including phenoxy) is 2. The maximum atomic E-state index is 13.7. The van der Waals surface area contributed by atoms with Crippen LogP contribution < -0.4 is 20.1 Å². The monoisotopic (exact) mass is 541 g/mol. The van der Waals surface area contributed by atoms with Gasteiger partial charge in [0.25, 0.3) is 5.91 Å². The van der Waals surface area contributed by atoms with Gasteiger partial charge in [-0.2, -0.15) is 0 Å². The molecular weight excluding hydrogens is 514 g/mol. The van der Waals surface area contributed by atoms with Crippen molar-refractivity contribution in [1.82, 2.24) is 4.90 Å². The summed E-state index contributed by atoms with van der Waals surface area (Å²) in [5.41, 5.74) is 4.75. The molecule has 39 heavy (non-hydrogen) atoms. The quantitative estimate of drug-likeness (QED) is 0.261. The number of carbonyl (C=O) groups excluding carboxylic acids is 2. The molecule has 0 fully saturated rings. The second-order valence-electron chi connectivity index (χ2n) is 9.22. The molecule has 7 nitrogen and oxygen atoms in total. The highest BCUT2D eigenvalue weighted by molar-refractivity contribution is 6.30. The summed E-state index contributed by atoms with van der Waals surface area (Å²) in [6.07, 6.45) is -0.423. The SMILES string of the molecule is COc1ccc(C2Nc3ccccc3C(=O)N2Cc2cccc(Cl)c2)cc1COc1ccc(NC(C)=O)cc1. The fraction of sp³-hybridized carbons (Fsp3) is 0.161. The molecule has 4 aromatic rings. The van der Waals surface area contributed by atoms with Gasteiger partial charge in [-0.05, 0) is 71.8 Å². The third-order valence-corrected chi connectivity index (χ3v) is 6.69. The van der Waals surface area contributed by atoms with Crippen molar-refractivity contribution >= 4 is 34.8 Å². The van der Waals surface area contributed by atoms with E-state index in [-0.39, 0.29) is 18.4 Å². The lowest BCUT2D eigenvalue weighted by Crippen LogP contribution is -2.42.